The Balaban J connectivity index is 1.95. The third kappa shape index (κ3) is 4.87. The molecule has 6 heteroatoms. The molecule has 1 aliphatic heterocycles. The maximum absolute atomic E-state index is 12.2. The highest BCUT2D eigenvalue weighted by atomic mass is 16.6. The van der Waals surface area contributed by atoms with Crippen molar-refractivity contribution in [2.24, 2.45) is 0 Å². The molecule has 1 heterocycles. The van der Waals surface area contributed by atoms with Crippen LogP contribution in [0.5, 0.6) is 5.75 Å². The third-order valence-corrected chi connectivity index (χ3v) is 3.53. The van der Waals surface area contributed by atoms with Crippen LogP contribution in [-0.2, 0) is 4.74 Å². The van der Waals surface area contributed by atoms with Crippen LogP contribution in [0.2, 0.25) is 0 Å². The van der Waals surface area contributed by atoms with Crippen LogP contribution >= 0.6 is 0 Å². The zero-order chi connectivity index (χ0) is 17.0. The Morgan fingerprint density at radius 1 is 1.35 bits per heavy atom. The van der Waals surface area contributed by atoms with Gasteiger partial charge in [0.25, 0.3) is 0 Å². The quantitative estimate of drug-likeness (QED) is 0.922. The van der Waals surface area contributed by atoms with E-state index in [2.05, 4.69) is 0 Å². The molecule has 1 fully saturated rings. The van der Waals surface area contributed by atoms with Crippen molar-refractivity contribution < 1.29 is 24.2 Å². The summed E-state index contributed by atoms with van der Waals surface area (Å²) in [6.45, 7) is 6.48. The molecular formula is C17H23NO5. The minimum Gasteiger partial charge on any atom is -0.491 e. The number of hydrogen-bond donors (Lipinski definition) is 1. The lowest BCUT2D eigenvalue weighted by Gasteiger charge is -2.28. The van der Waals surface area contributed by atoms with Gasteiger partial charge in [0.2, 0.25) is 0 Å². The summed E-state index contributed by atoms with van der Waals surface area (Å²) in [6.07, 6.45) is 1.42. The molecule has 1 amide bonds. The van der Waals surface area contributed by atoms with Crippen LogP contribution in [0.3, 0.4) is 0 Å². The van der Waals surface area contributed by atoms with E-state index in [0.717, 1.165) is 12.8 Å². The molecule has 1 aliphatic rings. The van der Waals surface area contributed by atoms with Crippen LogP contribution in [0.25, 0.3) is 0 Å². The van der Waals surface area contributed by atoms with Gasteiger partial charge in [-0.25, -0.2) is 9.59 Å². The Morgan fingerprint density at radius 2 is 2.09 bits per heavy atom. The first kappa shape index (κ1) is 17.1. The molecule has 0 saturated carbocycles. The number of aromatic carboxylic acids is 1. The van der Waals surface area contributed by atoms with E-state index in [1.807, 2.05) is 20.8 Å². The summed E-state index contributed by atoms with van der Waals surface area (Å²) in [7, 11) is 0. The molecule has 0 aliphatic carbocycles. The van der Waals surface area contributed by atoms with Gasteiger partial charge in [0, 0.05) is 6.54 Å². The largest absolute Gasteiger partial charge is 0.491 e. The van der Waals surface area contributed by atoms with Crippen molar-refractivity contribution in [3.8, 4) is 5.75 Å². The first-order chi connectivity index (χ1) is 10.8. The van der Waals surface area contributed by atoms with Crippen LogP contribution < -0.4 is 4.74 Å². The Bertz CT molecular complexity index is 579. The van der Waals surface area contributed by atoms with E-state index in [-0.39, 0.29) is 17.7 Å². The number of amides is 1. The minimum absolute atomic E-state index is 0.0571. The number of likely N-dealkylation sites (tertiary alicyclic amines) is 1. The summed E-state index contributed by atoms with van der Waals surface area (Å²) in [4.78, 5) is 24.8. The van der Waals surface area contributed by atoms with E-state index < -0.39 is 11.6 Å². The first-order valence-corrected chi connectivity index (χ1v) is 7.72. The highest BCUT2D eigenvalue weighted by Crippen LogP contribution is 2.22. The molecule has 0 bridgehead atoms. The summed E-state index contributed by atoms with van der Waals surface area (Å²) in [5.74, 6) is -0.507. The number of nitrogens with zero attached hydrogens (tertiary/aromatic N) is 1. The molecule has 1 atom stereocenters. The van der Waals surface area contributed by atoms with Crippen LogP contribution in [0.1, 0.15) is 44.0 Å². The fraction of sp³-hybridized carbons (Fsp3) is 0.529. The molecule has 0 radical (unpaired) electrons. The lowest BCUT2D eigenvalue weighted by Crippen LogP contribution is -2.42. The molecule has 0 spiro atoms. The normalized spacial score (nSPS) is 17.9. The monoisotopic (exact) mass is 321 g/mol. The van der Waals surface area contributed by atoms with E-state index in [1.54, 1.807) is 17.0 Å². The first-order valence-electron chi connectivity index (χ1n) is 7.72. The second kappa shape index (κ2) is 6.89. The summed E-state index contributed by atoms with van der Waals surface area (Å²) < 4.78 is 11.1. The summed E-state index contributed by atoms with van der Waals surface area (Å²) in [6, 6.07) is 6.28. The molecule has 6 nitrogen and oxygen atoms in total. The maximum atomic E-state index is 12.2. The Morgan fingerprint density at radius 3 is 2.74 bits per heavy atom. The molecule has 1 saturated heterocycles. The van der Waals surface area contributed by atoms with Crippen LogP contribution in [0.4, 0.5) is 4.79 Å². The van der Waals surface area contributed by atoms with Crippen LogP contribution in [0.15, 0.2) is 24.3 Å². The van der Waals surface area contributed by atoms with Gasteiger partial charge < -0.3 is 19.5 Å². The van der Waals surface area contributed by atoms with Crippen molar-refractivity contribution in [1.29, 1.82) is 0 Å². The average Bonchev–Trinajstić information content (AvgIpc) is 2.92. The number of hydrogen-bond acceptors (Lipinski definition) is 4. The van der Waals surface area contributed by atoms with Gasteiger partial charge in [0.05, 0.1) is 11.6 Å². The van der Waals surface area contributed by atoms with Gasteiger partial charge in [0.1, 0.15) is 18.0 Å². The van der Waals surface area contributed by atoms with Gasteiger partial charge >= 0.3 is 12.1 Å². The zero-order valence-corrected chi connectivity index (χ0v) is 13.7. The van der Waals surface area contributed by atoms with E-state index >= 15 is 0 Å². The van der Waals surface area contributed by atoms with Gasteiger partial charge in [-0.15, -0.1) is 0 Å². The third-order valence-electron chi connectivity index (χ3n) is 3.53. The smallest absolute Gasteiger partial charge is 0.410 e. The van der Waals surface area contributed by atoms with Crippen molar-refractivity contribution in [2.75, 3.05) is 13.2 Å². The number of carbonyl (C=O) groups excluding carboxylic acids is 1. The lowest BCUT2D eigenvalue weighted by molar-refractivity contribution is 0.0187. The molecule has 1 aromatic carbocycles. The molecule has 2 rings (SSSR count). The van der Waals surface area contributed by atoms with E-state index in [0.29, 0.717) is 18.9 Å². The van der Waals surface area contributed by atoms with E-state index in [1.165, 1.54) is 12.1 Å². The Kier molecular flexibility index (Phi) is 5.13. The average molecular weight is 321 g/mol. The van der Waals surface area contributed by atoms with Crippen LogP contribution in [0, 0.1) is 0 Å². The molecule has 0 aromatic heterocycles. The molecule has 126 valence electrons. The van der Waals surface area contributed by atoms with Crippen LogP contribution in [-0.4, -0.2) is 46.9 Å². The number of carboxylic acid groups (broad SMARTS) is 1. The maximum Gasteiger partial charge on any atom is 0.410 e. The molecule has 1 N–H and O–H groups in total. The van der Waals surface area contributed by atoms with Crippen molar-refractivity contribution in [2.45, 2.75) is 45.3 Å². The van der Waals surface area contributed by atoms with Crippen molar-refractivity contribution in [1.82, 2.24) is 4.90 Å². The number of benzene rings is 1. The van der Waals surface area contributed by atoms with E-state index in [9.17, 15) is 9.59 Å². The minimum atomic E-state index is -0.994. The highest BCUT2D eigenvalue weighted by molar-refractivity contribution is 5.88. The van der Waals surface area contributed by atoms with Crippen molar-refractivity contribution in [3.05, 3.63) is 29.8 Å². The molecule has 23 heavy (non-hydrogen) atoms. The molecule has 0 unspecified atom stereocenters. The zero-order valence-electron chi connectivity index (χ0n) is 13.7. The number of carbonyl (C=O) groups is 2. The Labute approximate surface area is 136 Å². The topological polar surface area (TPSA) is 76.1 Å². The van der Waals surface area contributed by atoms with Gasteiger partial charge in [-0.1, -0.05) is 6.07 Å². The Hall–Kier alpha value is -2.24. The SMILES string of the molecule is CC(C)(C)OC(=O)N1CCC[C@H]1COc1cccc(C(=O)O)c1. The molecular weight excluding hydrogens is 298 g/mol. The lowest BCUT2D eigenvalue weighted by atomic mass is 10.2. The van der Waals surface area contributed by atoms with Gasteiger partial charge in [-0.3, -0.25) is 0 Å². The second-order valence-electron chi connectivity index (χ2n) is 6.61. The second-order valence-corrected chi connectivity index (χ2v) is 6.61. The number of carboxylic acids is 1. The predicted molar refractivity (Wildman–Crippen MR) is 84.9 cm³/mol. The van der Waals surface area contributed by atoms with E-state index in [4.69, 9.17) is 14.6 Å². The van der Waals surface area contributed by atoms with Crippen molar-refractivity contribution in [3.63, 3.8) is 0 Å². The number of rotatable bonds is 4. The van der Waals surface area contributed by atoms with Gasteiger partial charge in [0.15, 0.2) is 0 Å². The van der Waals surface area contributed by atoms with Gasteiger partial charge in [-0.2, -0.15) is 0 Å². The summed E-state index contributed by atoms with van der Waals surface area (Å²) in [5, 5.41) is 8.99. The van der Waals surface area contributed by atoms with Gasteiger partial charge in [-0.05, 0) is 51.8 Å². The fourth-order valence-corrected chi connectivity index (χ4v) is 2.48. The fourth-order valence-electron chi connectivity index (χ4n) is 2.48. The van der Waals surface area contributed by atoms with Crippen molar-refractivity contribution >= 4 is 12.1 Å². The summed E-state index contributed by atoms with van der Waals surface area (Å²) >= 11 is 0. The summed E-state index contributed by atoms with van der Waals surface area (Å²) in [5.41, 5.74) is -0.348. The molecule has 1 aromatic rings. The standard InChI is InChI=1S/C17H23NO5/c1-17(2,3)23-16(21)18-9-5-7-13(18)11-22-14-8-4-6-12(10-14)15(19)20/h4,6,8,10,13H,5,7,9,11H2,1-3H3,(H,19,20)/t13-/m0/s1. The highest BCUT2D eigenvalue weighted by Gasteiger charge is 2.32. The predicted octanol–water partition coefficient (Wildman–Crippen LogP) is 3.16. The number of ether oxygens (including phenoxy) is 2.